The van der Waals surface area contributed by atoms with E-state index in [1.165, 1.54) is 24.4 Å². The fourth-order valence-electron chi connectivity index (χ4n) is 2.41. The van der Waals surface area contributed by atoms with Gasteiger partial charge in [-0.1, -0.05) is 30.3 Å². The van der Waals surface area contributed by atoms with Gasteiger partial charge in [0.25, 0.3) is 15.7 Å². The molecule has 0 atom stereocenters. The molecule has 0 aromatic heterocycles. The molecule has 0 saturated carbocycles. The van der Waals surface area contributed by atoms with Gasteiger partial charge in [-0.3, -0.25) is 20.3 Å². The lowest BCUT2D eigenvalue weighted by molar-refractivity contribution is -0.384. The smallest absolute Gasteiger partial charge is 0.295 e. The van der Waals surface area contributed by atoms with Gasteiger partial charge in [0.15, 0.2) is 0 Å². The number of rotatable bonds is 7. The number of phenolic OH excluding ortho intramolecular Hbond substituents is 1. The lowest BCUT2D eigenvalue weighted by Gasteiger charge is -2.09. The molecule has 3 aromatic carbocycles. The van der Waals surface area contributed by atoms with E-state index in [0.29, 0.717) is 11.3 Å². The normalized spacial score (nSPS) is 11.3. The first kappa shape index (κ1) is 19.8. The summed E-state index contributed by atoms with van der Waals surface area (Å²) in [7, 11) is -4.01. The summed E-state index contributed by atoms with van der Waals surface area (Å²) in [5.41, 5.74) is 2.79. The van der Waals surface area contributed by atoms with Crippen LogP contribution in [0.1, 0.15) is 5.56 Å². The van der Waals surface area contributed by atoms with Gasteiger partial charge >= 0.3 is 0 Å². The topological polar surface area (TPSA) is 134 Å². The quantitative estimate of drug-likeness (QED) is 0.309. The van der Waals surface area contributed by atoms with Gasteiger partial charge in [-0.15, -0.1) is 0 Å². The number of anilines is 2. The molecule has 0 aliphatic rings. The van der Waals surface area contributed by atoms with Crippen LogP contribution in [-0.2, 0) is 10.0 Å². The number of nitro benzene ring substituents is 1. The Bertz CT molecular complexity index is 1160. The maximum Gasteiger partial charge on any atom is 0.295 e. The first-order valence-electron chi connectivity index (χ1n) is 8.30. The van der Waals surface area contributed by atoms with Crippen molar-refractivity contribution in [3.8, 4) is 5.75 Å². The van der Waals surface area contributed by atoms with Gasteiger partial charge in [0, 0.05) is 17.3 Å². The molecule has 0 bridgehead atoms. The molecule has 0 aliphatic carbocycles. The summed E-state index contributed by atoms with van der Waals surface area (Å²) in [5.74, 6) is 0.000905. The van der Waals surface area contributed by atoms with Crippen molar-refractivity contribution in [2.75, 3.05) is 10.1 Å². The summed E-state index contributed by atoms with van der Waals surface area (Å²) in [6, 6.07) is 18.0. The van der Waals surface area contributed by atoms with E-state index < -0.39 is 20.6 Å². The molecule has 0 fully saturated rings. The minimum Gasteiger partial charge on any atom is -0.507 e. The Morgan fingerprint density at radius 1 is 1.00 bits per heavy atom. The van der Waals surface area contributed by atoms with Gasteiger partial charge in [-0.25, -0.2) is 8.42 Å². The van der Waals surface area contributed by atoms with Crippen LogP contribution in [0.15, 0.2) is 82.8 Å². The molecule has 0 radical (unpaired) electrons. The highest BCUT2D eigenvalue weighted by Gasteiger charge is 2.21. The van der Waals surface area contributed by atoms with Crippen LogP contribution in [0, 0.1) is 10.1 Å². The zero-order chi connectivity index (χ0) is 20.9. The third-order valence-electron chi connectivity index (χ3n) is 3.83. The Labute approximate surface area is 166 Å². The first-order chi connectivity index (χ1) is 13.9. The van der Waals surface area contributed by atoms with Gasteiger partial charge in [-0.05, 0) is 36.4 Å². The van der Waals surface area contributed by atoms with Crippen molar-refractivity contribution in [1.82, 2.24) is 0 Å². The van der Waals surface area contributed by atoms with Gasteiger partial charge < -0.3 is 5.11 Å². The third kappa shape index (κ3) is 4.87. The minimum absolute atomic E-state index is 0.000307. The standard InChI is InChI=1S/C19H16N4O5S/c24-19-9-5-4-6-14(19)13-20-21-17-11-10-16(12-18(17)23(25)26)29(27,28)22-15-7-2-1-3-8-15/h1-13,21-22,24H/b20-13+. The Morgan fingerprint density at radius 2 is 1.69 bits per heavy atom. The molecule has 0 aliphatic heterocycles. The largest absolute Gasteiger partial charge is 0.507 e. The van der Waals surface area contributed by atoms with Crippen molar-refractivity contribution < 1.29 is 18.4 Å². The molecule has 9 nitrogen and oxygen atoms in total. The highest BCUT2D eigenvalue weighted by Crippen LogP contribution is 2.28. The molecule has 148 valence electrons. The number of nitrogens with zero attached hydrogens (tertiary/aromatic N) is 2. The highest BCUT2D eigenvalue weighted by molar-refractivity contribution is 7.92. The predicted molar refractivity (Wildman–Crippen MR) is 110 cm³/mol. The summed E-state index contributed by atoms with van der Waals surface area (Å²) in [6.07, 6.45) is 1.29. The van der Waals surface area contributed by atoms with E-state index in [4.69, 9.17) is 0 Å². The van der Waals surface area contributed by atoms with Crippen LogP contribution in [0.2, 0.25) is 0 Å². The van der Waals surface area contributed by atoms with Gasteiger partial charge in [0.05, 0.1) is 16.0 Å². The average molecular weight is 412 g/mol. The molecule has 3 rings (SSSR count). The summed E-state index contributed by atoms with van der Waals surface area (Å²) < 4.78 is 27.4. The number of hydrogen-bond acceptors (Lipinski definition) is 7. The number of nitro groups is 1. The number of hydrazone groups is 1. The second-order valence-corrected chi connectivity index (χ2v) is 7.52. The van der Waals surface area contributed by atoms with E-state index in [1.807, 2.05) is 0 Å². The van der Waals surface area contributed by atoms with E-state index in [-0.39, 0.29) is 16.3 Å². The van der Waals surface area contributed by atoms with Crippen molar-refractivity contribution in [1.29, 1.82) is 0 Å². The Hall–Kier alpha value is -3.92. The number of sulfonamides is 1. The zero-order valence-corrected chi connectivity index (χ0v) is 15.7. The second-order valence-electron chi connectivity index (χ2n) is 5.84. The molecule has 0 heterocycles. The first-order valence-corrected chi connectivity index (χ1v) is 9.78. The van der Waals surface area contributed by atoms with Crippen LogP contribution in [0.5, 0.6) is 5.75 Å². The zero-order valence-electron chi connectivity index (χ0n) is 14.9. The number of phenols is 1. The van der Waals surface area contributed by atoms with Crippen LogP contribution in [0.25, 0.3) is 0 Å². The van der Waals surface area contributed by atoms with E-state index in [9.17, 15) is 23.6 Å². The fourth-order valence-corrected chi connectivity index (χ4v) is 3.49. The van der Waals surface area contributed by atoms with E-state index in [1.54, 1.807) is 48.5 Å². The molecule has 3 aromatic rings. The molecule has 29 heavy (non-hydrogen) atoms. The summed E-state index contributed by atoms with van der Waals surface area (Å²) >= 11 is 0. The molecular formula is C19H16N4O5S. The molecule has 0 spiro atoms. The van der Waals surface area contributed by atoms with Crippen LogP contribution >= 0.6 is 0 Å². The number of aromatic hydroxyl groups is 1. The van der Waals surface area contributed by atoms with Crippen molar-refractivity contribution in [2.45, 2.75) is 4.90 Å². The van der Waals surface area contributed by atoms with Crippen LogP contribution in [0.4, 0.5) is 17.1 Å². The maximum atomic E-state index is 12.5. The lowest BCUT2D eigenvalue weighted by atomic mass is 10.2. The van der Waals surface area contributed by atoms with Crippen molar-refractivity contribution in [3.05, 3.63) is 88.5 Å². The molecule has 3 N–H and O–H groups in total. The molecule has 0 amide bonds. The monoisotopic (exact) mass is 412 g/mol. The van der Waals surface area contributed by atoms with E-state index >= 15 is 0 Å². The summed E-state index contributed by atoms with van der Waals surface area (Å²) in [4.78, 5) is 10.4. The minimum atomic E-state index is -4.01. The van der Waals surface area contributed by atoms with Crippen LogP contribution < -0.4 is 10.1 Å². The SMILES string of the molecule is O=[N+]([O-])c1cc(S(=O)(=O)Nc2ccccc2)ccc1N/N=C/c1ccccc1O. The van der Waals surface area contributed by atoms with E-state index in [0.717, 1.165) is 6.07 Å². The Morgan fingerprint density at radius 3 is 2.38 bits per heavy atom. The summed E-state index contributed by atoms with van der Waals surface area (Å²) in [5, 5.41) is 25.0. The number of hydrogen-bond donors (Lipinski definition) is 3. The number of para-hydroxylation sites is 2. The third-order valence-corrected chi connectivity index (χ3v) is 5.21. The van der Waals surface area contributed by atoms with Crippen LogP contribution in [0.3, 0.4) is 0 Å². The second kappa shape index (κ2) is 8.40. The average Bonchev–Trinajstić information content (AvgIpc) is 2.70. The van der Waals surface area contributed by atoms with Gasteiger partial charge in [-0.2, -0.15) is 5.10 Å². The van der Waals surface area contributed by atoms with Crippen molar-refractivity contribution in [3.63, 3.8) is 0 Å². The molecular weight excluding hydrogens is 396 g/mol. The van der Waals surface area contributed by atoms with E-state index in [2.05, 4.69) is 15.2 Å². The van der Waals surface area contributed by atoms with Crippen molar-refractivity contribution >= 4 is 33.3 Å². The van der Waals surface area contributed by atoms with Gasteiger partial charge in [0.1, 0.15) is 11.4 Å². The molecule has 0 saturated heterocycles. The summed E-state index contributed by atoms with van der Waals surface area (Å²) in [6.45, 7) is 0. The Balaban J connectivity index is 1.85. The highest BCUT2D eigenvalue weighted by atomic mass is 32.2. The lowest BCUT2D eigenvalue weighted by Crippen LogP contribution is -2.13. The predicted octanol–water partition coefficient (Wildman–Crippen LogP) is 3.55. The molecule has 0 unspecified atom stereocenters. The Kier molecular flexibility index (Phi) is 5.74. The maximum absolute atomic E-state index is 12.5. The van der Waals surface area contributed by atoms with Gasteiger partial charge in [0.2, 0.25) is 0 Å². The molecule has 10 heteroatoms. The number of benzene rings is 3. The van der Waals surface area contributed by atoms with Crippen molar-refractivity contribution in [2.24, 2.45) is 5.10 Å². The fraction of sp³-hybridized carbons (Fsp3) is 0. The van der Waals surface area contributed by atoms with Crippen LogP contribution in [-0.4, -0.2) is 24.7 Å². The number of nitrogens with one attached hydrogen (secondary N) is 2.